The van der Waals surface area contributed by atoms with E-state index in [0.29, 0.717) is 11.0 Å². The van der Waals surface area contributed by atoms with E-state index in [1.807, 2.05) is 0 Å². The highest BCUT2D eigenvalue weighted by Gasteiger charge is 2.06. The van der Waals surface area contributed by atoms with E-state index >= 15 is 0 Å². The van der Waals surface area contributed by atoms with Gasteiger partial charge in [0.2, 0.25) is 0 Å². The minimum Gasteiger partial charge on any atom is -0.393 e. The topological polar surface area (TPSA) is 76.7 Å². The SMILES string of the molecule is Nc1c(Cl)ncnc1Nc1ccnc(Cl)c1. The van der Waals surface area contributed by atoms with Crippen molar-refractivity contribution in [2.45, 2.75) is 0 Å². The van der Waals surface area contributed by atoms with E-state index in [-0.39, 0.29) is 10.8 Å². The summed E-state index contributed by atoms with van der Waals surface area (Å²) in [6.07, 6.45) is 2.90. The van der Waals surface area contributed by atoms with Gasteiger partial charge in [0.25, 0.3) is 0 Å². The number of nitrogens with zero attached hydrogens (tertiary/aromatic N) is 3. The van der Waals surface area contributed by atoms with Gasteiger partial charge in [-0.05, 0) is 12.1 Å². The molecule has 0 aliphatic carbocycles. The van der Waals surface area contributed by atoms with Gasteiger partial charge in [0.15, 0.2) is 11.0 Å². The molecule has 0 aliphatic heterocycles. The third kappa shape index (κ3) is 2.32. The Kier molecular flexibility index (Phi) is 3.07. The molecule has 82 valence electrons. The molecule has 0 aromatic carbocycles. The summed E-state index contributed by atoms with van der Waals surface area (Å²) >= 11 is 11.5. The summed E-state index contributed by atoms with van der Waals surface area (Å²) in [4.78, 5) is 11.6. The number of nitrogens with two attached hydrogens (primary N) is 1. The number of hydrogen-bond acceptors (Lipinski definition) is 5. The van der Waals surface area contributed by atoms with Crippen molar-refractivity contribution in [2.75, 3.05) is 11.1 Å². The summed E-state index contributed by atoms with van der Waals surface area (Å²) in [6.45, 7) is 0. The number of halogens is 2. The quantitative estimate of drug-likeness (QED) is 0.637. The molecule has 0 atom stereocenters. The van der Waals surface area contributed by atoms with Crippen LogP contribution in [-0.2, 0) is 0 Å². The summed E-state index contributed by atoms with van der Waals surface area (Å²) in [6, 6.07) is 3.39. The Labute approximate surface area is 102 Å². The van der Waals surface area contributed by atoms with Crippen molar-refractivity contribution in [3.63, 3.8) is 0 Å². The molecule has 0 amide bonds. The van der Waals surface area contributed by atoms with Crippen LogP contribution in [-0.4, -0.2) is 15.0 Å². The zero-order valence-electron chi connectivity index (χ0n) is 7.98. The van der Waals surface area contributed by atoms with E-state index in [9.17, 15) is 0 Å². The van der Waals surface area contributed by atoms with Gasteiger partial charge in [-0.3, -0.25) is 0 Å². The summed E-state index contributed by atoms with van der Waals surface area (Å²) in [5.41, 5.74) is 6.71. The van der Waals surface area contributed by atoms with Gasteiger partial charge in [0.05, 0.1) is 0 Å². The maximum Gasteiger partial charge on any atom is 0.158 e. The lowest BCUT2D eigenvalue weighted by Crippen LogP contribution is -2.01. The molecule has 16 heavy (non-hydrogen) atoms. The largest absolute Gasteiger partial charge is 0.393 e. The molecule has 3 N–H and O–H groups in total. The first-order valence-electron chi connectivity index (χ1n) is 4.31. The first kappa shape index (κ1) is 10.9. The Morgan fingerprint density at radius 2 is 2.00 bits per heavy atom. The normalized spacial score (nSPS) is 10.1. The third-order valence-corrected chi connectivity index (χ3v) is 2.33. The fourth-order valence-electron chi connectivity index (χ4n) is 1.09. The van der Waals surface area contributed by atoms with Crippen LogP contribution in [0.4, 0.5) is 17.2 Å². The van der Waals surface area contributed by atoms with E-state index in [4.69, 9.17) is 28.9 Å². The third-order valence-electron chi connectivity index (χ3n) is 1.82. The van der Waals surface area contributed by atoms with Crippen LogP contribution < -0.4 is 11.1 Å². The summed E-state index contributed by atoms with van der Waals surface area (Å²) in [7, 11) is 0. The zero-order valence-corrected chi connectivity index (χ0v) is 9.50. The highest BCUT2D eigenvalue weighted by molar-refractivity contribution is 6.32. The molecular weight excluding hydrogens is 249 g/mol. The Hall–Kier alpha value is -1.59. The van der Waals surface area contributed by atoms with Gasteiger partial charge in [-0.2, -0.15) is 0 Å². The Bertz CT molecular complexity index is 517. The van der Waals surface area contributed by atoms with Crippen LogP contribution in [0.15, 0.2) is 24.7 Å². The molecule has 2 rings (SSSR count). The van der Waals surface area contributed by atoms with Crippen LogP contribution in [0.25, 0.3) is 0 Å². The molecular formula is C9H7Cl2N5. The predicted molar refractivity (Wildman–Crippen MR) is 64.0 cm³/mol. The van der Waals surface area contributed by atoms with E-state index in [1.54, 1.807) is 18.3 Å². The molecule has 0 saturated heterocycles. The highest BCUT2D eigenvalue weighted by Crippen LogP contribution is 2.25. The minimum atomic E-state index is 0.206. The molecule has 0 fully saturated rings. The first-order valence-corrected chi connectivity index (χ1v) is 5.07. The molecule has 2 aromatic heterocycles. The van der Waals surface area contributed by atoms with Crippen molar-refractivity contribution in [1.82, 2.24) is 15.0 Å². The molecule has 0 bridgehead atoms. The average molecular weight is 256 g/mol. The number of hydrogen-bond donors (Lipinski definition) is 2. The van der Waals surface area contributed by atoms with E-state index in [0.717, 1.165) is 5.69 Å². The Balaban J connectivity index is 2.31. The van der Waals surface area contributed by atoms with Gasteiger partial charge < -0.3 is 11.1 Å². The van der Waals surface area contributed by atoms with Gasteiger partial charge in [0.1, 0.15) is 17.2 Å². The molecule has 0 saturated carbocycles. The van der Waals surface area contributed by atoms with Gasteiger partial charge in [0, 0.05) is 11.9 Å². The van der Waals surface area contributed by atoms with Crippen molar-refractivity contribution in [2.24, 2.45) is 0 Å². The van der Waals surface area contributed by atoms with Crippen molar-refractivity contribution in [3.05, 3.63) is 35.0 Å². The fourth-order valence-corrected chi connectivity index (χ4v) is 1.40. The van der Waals surface area contributed by atoms with Crippen molar-refractivity contribution in [3.8, 4) is 0 Å². The lowest BCUT2D eigenvalue weighted by molar-refractivity contribution is 1.17. The van der Waals surface area contributed by atoms with Gasteiger partial charge >= 0.3 is 0 Å². The molecule has 0 unspecified atom stereocenters. The second-order valence-electron chi connectivity index (χ2n) is 2.92. The first-order chi connectivity index (χ1) is 7.66. The lowest BCUT2D eigenvalue weighted by atomic mass is 10.4. The van der Waals surface area contributed by atoms with Crippen LogP contribution in [0.1, 0.15) is 0 Å². The number of pyridine rings is 1. The molecule has 5 nitrogen and oxygen atoms in total. The number of nitrogens with one attached hydrogen (secondary N) is 1. The number of nitrogen functional groups attached to an aromatic ring is 1. The molecule has 0 radical (unpaired) electrons. The van der Waals surface area contributed by atoms with Crippen LogP contribution in [0, 0.1) is 0 Å². The van der Waals surface area contributed by atoms with E-state index < -0.39 is 0 Å². The summed E-state index contributed by atoms with van der Waals surface area (Å²) < 4.78 is 0. The van der Waals surface area contributed by atoms with Crippen LogP contribution in [0.2, 0.25) is 10.3 Å². The zero-order chi connectivity index (χ0) is 11.5. The second-order valence-corrected chi connectivity index (χ2v) is 3.66. The lowest BCUT2D eigenvalue weighted by Gasteiger charge is -2.08. The fraction of sp³-hybridized carbons (Fsp3) is 0. The van der Waals surface area contributed by atoms with Gasteiger partial charge in [-0.15, -0.1) is 0 Å². The van der Waals surface area contributed by atoms with Crippen molar-refractivity contribution in [1.29, 1.82) is 0 Å². The van der Waals surface area contributed by atoms with Gasteiger partial charge in [-0.1, -0.05) is 23.2 Å². The Morgan fingerprint density at radius 3 is 2.75 bits per heavy atom. The van der Waals surface area contributed by atoms with Crippen LogP contribution in [0.5, 0.6) is 0 Å². The highest BCUT2D eigenvalue weighted by atomic mass is 35.5. The van der Waals surface area contributed by atoms with Crippen LogP contribution >= 0.6 is 23.2 Å². The van der Waals surface area contributed by atoms with Gasteiger partial charge in [-0.25, -0.2) is 15.0 Å². The molecule has 0 aliphatic rings. The predicted octanol–water partition coefficient (Wildman–Crippen LogP) is 2.50. The second kappa shape index (κ2) is 4.51. The maximum absolute atomic E-state index is 5.76. The molecule has 7 heteroatoms. The van der Waals surface area contributed by atoms with Crippen molar-refractivity contribution >= 4 is 40.4 Å². The smallest absolute Gasteiger partial charge is 0.158 e. The number of anilines is 3. The number of rotatable bonds is 2. The monoisotopic (exact) mass is 255 g/mol. The number of aromatic nitrogens is 3. The minimum absolute atomic E-state index is 0.206. The van der Waals surface area contributed by atoms with E-state index in [1.165, 1.54) is 6.33 Å². The molecule has 2 aromatic rings. The maximum atomic E-state index is 5.76. The summed E-state index contributed by atoms with van der Waals surface area (Å²) in [5.74, 6) is 0.433. The van der Waals surface area contributed by atoms with Crippen molar-refractivity contribution < 1.29 is 0 Å². The summed E-state index contributed by atoms with van der Waals surface area (Å²) in [5, 5.41) is 3.55. The molecule has 2 heterocycles. The molecule has 0 spiro atoms. The Morgan fingerprint density at radius 1 is 1.19 bits per heavy atom. The van der Waals surface area contributed by atoms with Crippen LogP contribution in [0.3, 0.4) is 0 Å². The van der Waals surface area contributed by atoms with E-state index in [2.05, 4.69) is 20.3 Å². The average Bonchev–Trinajstić information content (AvgIpc) is 2.25. The standard InChI is InChI=1S/C9H7Cl2N5/c10-6-3-5(1-2-13-6)16-9-7(12)8(11)14-4-15-9/h1-4H,12H2,(H,13,14,15,16).